The first-order valence-electron chi connectivity index (χ1n) is 5.17. The Morgan fingerprint density at radius 1 is 1.06 bits per heavy atom. The van der Waals surface area contributed by atoms with E-state index in [1.165, 1.54) is 0 Å². The first-order valence-corrected chi connectivity index (χ1v) is 5.17. The number of aryl methyl sites for hydroxylation is 2. The molecule has 0 aliphatic rings. The summed E-state index contributed by atoms with van der Waals surface area (Å²) in [5, 5.41) is 0. The second-order valence-corrected chi connectivity index (χ2v) is 3.95. The number of nitrogens with zero attached hydrogens (tertiary/aromatic N) is 1. The van der Waals surface area contributed by atoms with Crippen molar-refractivity contribution in [2.45, 2.75) is 13.8 Å². The molecule has 0 aliphatic heterocycles. The Kier molecular flexibility index (Phi) is 2.52. The summed E-state index contributed by atoms with van der Waals surface area (Å²) in [4.78, 5) is 4.29. The molecule has 82 valence electrons. The Bertz CT molecular complexity index is 533. The van der Waals surface area contributed by atoms with Gasteiger partial charge in [0.05, 0.1) is 11.4 Å². The number of benzene rings is 1. The molecule has 3 nitrogen and oxygen atoms in total. The summed E-state index contributed by atoms with van der Waals surface area (Å²) < 4.78 is 0. The molecule has 0 aliphatic carbocycles. The zero-order chi connectivity index (χ0) is 11.7. The van der Waals surface area contributed by atoms with Crippen LogP contribution in [-0.2, 0) is 0 Å². The SMILES string of the molecule is Cc1cc(C)c(-c2cccc(N)c2N)cn1. The van der Waals surface area contributed by atoms with Crippen molar-refractivity contribution in [2.24, 2.45) is 0 Å². The van der Waals surface area contributed by atoms with Gasteiger partial charge in [-0.15, -0.1) is 0 Å². The smallest absolute Gasteiger partial charge is 0.0628 e. The first-order chi connectivity index (χ1) is 7.59. The fourth-order valence-electron chi connectivity index (χ4n) is 1.80. The van der Waals surface area contributed by atoms with Gasteiger partial charge in [-0.3, -0.25) is 4.98 Å². The third-order valence-electron chi connectivity index (χ3n) is 2.68. The Balaban J connectivity index is 2.63. The highest BCUT2D eigenvalue weighted by atomic mass is 14.7. The summed E-state index contributed by atoms with van der Waals surface area (Å²) in [5.74, 6) is 0. The van der Waals surface area contributed by atoms with Gasteiger partial charge in [-0.25, -0.2) is 0 Å². The Morgan fingerprint density at radius 2 is 1.81 bits per heavy atom. The molecule has 0 saturated carbocycles. The number of nitrogens with two attached hydrogens (primary N) is 2. The zero-order valence-electron chi connectivity index (χ0n) is 9.49. The van der Waals surface area contributed by atoms with Crippen LogP contribution in [0.25, 0.3) is 11.1 Å². The van der Waals surface area contributed by atoms with Crippen molar-refractivity contribution < 1.29 is 0 Å². The van der Waals surface area contributed by atoms with Crippen LogP contribution in [0.1, 0.15) is 11.3 Å². The van der Waals surface area contributed by atoms with E-state index in [-0.39, 0.29) is 0 Å². The summed E-state index contributed by atoms with van der Waals surface area (Å²) in [6.45, 7) is 4.02. The Hall–Kier alpha value is -2.03. The number of hydrogen-bond acceptors (Lipinski definition) is 3. The minimum absolute atomic E-state index is 0.609. The lowest BCUT2D eigenvalue weighted by Gasteiger charge is -2.10. The molecule has 0 amide bonds. The molecular weight excluding hydrogens is 198 g/mol. The molecule has 1 heterocycles. The molecule has 3 heteroatoms. The molecule has 0 atom stereocenters. The molecule has 2 aromatic rings. The van der Waals surface area contributed by atoms with Gasteiger partial charge in [0, 0.05) is 23.0 Å². The third kappa shape index (κ3) is 1.72. The van der Waals surface area contributed by atoms with E-state index in [2.05, 4.69) is 4.98 Å². The monoisotopic (exact) mass is 213 g/mol. The number of anilines is 2. The van der Waals surface area contributed by atoms with Crippen LogP contribution in [0.15, 0.2) is 30.5 Å². The minimum atomic E-state index is 0.609. The molecule has 1 aromatic carbocycles. The second-order valence-electron chi connectivity index (χ2n) is 3.95. The normalized spacial score (nSPS) is 10.4. The zero-order valence-corrected chi connectivity index (χ0v) is 9.49. The summed E-state index contributed by atoms with van der Waals surface area (Å²) in [7, 11) is 0. The van der Waals surface area contributed by atoms with E-state index in [4.69, 9.17) is 11.5 Å². The third-order valence-corrected chi connectivity index (χ3v) is 2.68. The van der Waals surface area contributed by atoms with E-state index in [1.807, 2.05) is 38.2 Å². The molecule has 0 bridgehead atoms. The molecule has 4 N–H and O–H groups in total. The highest BCUT2D eigenvalue weighted by molar-refractivity contribution is 5.85. The Labute approximate surface area is 95.1 Å². The maximum atomic E-state index is 5.97. The standard InChI is InChI=1S/C13H15N3/c1-8-6-9(2)16-7-11(8)10-4-3-5-12(14)13(10)15/h3-7H,14-15H2,1-2H3. The van der Waals surface area contributed by atoms with E-state index < -0.39 is 0 Å². The van der Waals surface area contributed by atoms with Gasteiger partial charge in [0.15, 0.2) is 0 Å². The van der Waals surface area contributed by atoms with Crippen LogP contribution >= 0.6 is 0 Å². The van der Waals surface area contributed by atoms with E-state index in [0.717, 1.165) is 22.4 Å². The van der Waals surface area contributed by atoms with Gasteiger partial charge in [-0.05, 0) is 31.5 Å². The van der Waals surface area contributed by atoms with Gasteiger partial charge < -0.3 is 11.5 Å². The molecular formula is C13H15N3. The first kappa shape index (κ1) is 10.5. The van der Waals surface area contributed by atoms with Gasteiger partial charge >= 0.3 is 0 Å². The van der Waals surface area contributed by atoms with Crippen LogP contribution in [-0.4, -0.2) is 4.98 Å². The van der Waals surface area contributed by atoms with Crippen molar-refractivity contribution in [1.82, 2.24) is 4.98 Å². The lowest BCUT2D eigenvalue weighted by atomic mass is 10.00. The second kappa shape index (κ2) is 3.85. The largest absolute Gasteiger partial charge is 0.397 e. The van der Waals surface area contributed by atoms with E-state index in [9.17, 15) is 0 Å². The molecule has 0 fully saturated rings. The maximum Gasteiger partial charge on any atom is 0.0628 e. The van der Waals surface area contributed by atoms with Gasteiger partial charge in [0.25, 0.3) is 0 Å². The lowest BCUT2D eigenvalue weighted by Crippen LogP contribution is -1.98. The van der Waals surface area contributed by atoms with Crippen molar-refractivity contribution in [1.29, 1.82) is 0 Å². The predicted molar refractivity (Wildman–Crippen MR) is 68.0 cm³/mol. The summed E-state index contributed by atoms with van der Waals surface area (Å²) in [6, 6.07) is 7.71. The molecule has 1 aromatic heterocycles. The number of para-hydroxylation sites is 1. The van der Waals surface area contributed by atoms with Crippen LogP contribution in [0.4, 0.5) is 11.4 Å². The number of pyridine rings is 1. The average Bonchev–Trinajstić information content (AvgIpc) is 2.23. The minimum Gasteiger partial charge on any atom is -0.397 e. The number of aromatic nitrogens is 1. The topological polar surface area (TPSA) is 64.9 Å². The number of hydrogen-bond donors (Lipinski definition) is 2. The van der Waals surface area contributed by atoms with Crippen molar-refractivity contribution >= 4 is 11.4 Å². The van der Waals surface area contributed by atoms with E-state index in [0.29, 0.717) is 11.4 Å². The lowest BCUT2D eigenvalue weighted by molar-refractivity contribution is 1.18. The average molecular weight is 213 g/mol. The molecule has 2 rings (SSSR count). The fraction of sp³-hybridized carbons (Fsp3) is 0.154. The van der Waals surface area contributed by atoms with Gasteiger partial charge in [0.1, 0.15) is 0 Å². The Morgan fingerprint density at radius 3 is 2.50 bits per heavy atom. The quantitative estimate of drug-likeness (QED) is 0.715. The molecule has 16 heavy (non-hydrogen) atoms. The predicted octanol–water partition coefficient (Wildman–Crippen LogP) is 2.53. The van der Waals surface area contributed by atoms with Crippen LogP contribution < -0.4 is 11.5 Å². The van der Waals surface area contributed by atoms with E-state index >= 15 is 0 Å². The molecule has 0 radical (unpaired) electrons. The van der Waals surface area contributed by atoms with Gasteiger partial charge in [-0.2, -0.15) is 0 Å². The highest BCUT2D eigenvalue weighted by Crippen LogP contribution is 2.31. The van der Waals surface area contributed by atoms with E-state index in [1.54, 1.807) is 6.07 Å². The van der Waals surface area contributed by atoms with Gasteiger partial charge in [0.2, 0.25) is 0 Å². The number of nitrogen functional groups attached to an aromatic ring is 2. The maximum absolute atomic E-state index is 5.97. The van der Waals surface area contributed by atoms with Crippen LogP contribution in [0.3, 0.4) is 0 Å². The summed E-state index contributed by atoms with van der Waals surface area (Å²) in [6.07, 6.45) is 1.84. The van der Waals surface area contributed by atoms with Crippen molar-refractivity contribution in [3.05, 3.63) is 41.7 Å². The van der Waals surface area contributed by atoms with Crippen molar-refractivity contribution in [3.63, 3.8) is 0 Å². The highest BCUT2D eigenvalue weighted by Gasteiger charge is 2.07. The summed E-state index contributed by atoms with van der Waals surface area (Å²) >= 11 is 0. The van der Waals surface area contributed by atoms with Gasteiger partial charge in [-0.1, -0.05) is 12.1 Å². The summed E-state index contributed by atoms with van der Waals surface area (Å²) in [5.41, 5.74) is 17.1. The molecule has 0 spiro atoms. The van der Waals surface area contributed by atoms with Crippen LogP contribution in [0.5, 0.6) is 0 Å². The number of rotatable bonds is 1. The fourth-order valence-corrected chi connectivity index (χ4v) is 1.80. The van der Waals surface area contributed by atoms with Crippen molar-refractivity contribution in [3.8, 4) is 11.1 Å². The molecule has 0 saturated heterocycles. The van der Waals surface area contributed by atoms with Crippen LogP contribution in [0, 0.1) is 13.8 Å². The van der Waals surface area contributed by atoms with Crippen LogP contribution in [0.2, 0.25) is 0 Å². The van der Waals surface area contributed by atoms with Crippen molar-refractivity contribution in [2.75, 3.05) is 11.5 Å². The molecule has 0 unspecified atom stereocenters.